The molecule has 1 atom stereocenters. The average Bonchev–Trinajstić information content (AvgIpc) is 3.26. The molecule has 3 aromatic carbocycles. The fraction of sp³-hybridized carbons (Fsp3) is 0.111. The fourth-order valence-corrected chi connectivity index (χ4v) is 4.27. The van der Waals surface area contributed by atoms with Gasteiger partial charge in [-0.1, -0.05) is 35.9 Å². The monoisotopic (exact) mass is 537 g/mol. The van der Waals surface area contributed by atoms with E-state index in [0.717, 1.165) is 6.07 Å². The van der Waals surface area contributed by atoms with Crippen LogP contribution in [0.1, 0.15) is 34.5 Å². The van der Waals surface area contributed by atoms with Gasteiger partial charge in [-0.25, -0.2) is 14.6 Å². The smallest absolute Gasteiger partial charge is 0.389 e. The number of hydrogen-bond donors (Lipinski definition) is 2. The van der Waals surface area contributed by atoms with E-state index in [4.69, 9.17) is 11.6 Å². The summed E-state index contributed by atoms with van der Waals surface area (Å²) in [4.78, 5) is 21.3. The number of anilines is 1. The van der Waals surface area contributed by atoms with Crippen molar-refractivity contribution in [1.29, 1.82) is 0 Å². The van der Waals surface area contributed by atoms with Crippen LogP contribution in [0, 0.1) is 0 Å². The number of fused-ring (bicyclic) bond motifs is 1. The van der Waals surface area contributed by atoms with Gasteiger partial charge in [-0.05, 0) is 55.0 Å². The number of nitrogens with one attached hydrogen (secondary N) is 1. The Bertz CT molecular complexity index is 1640. The minimum absolute atomic E-state index is 0.198. The van der Waals surface area contributed by atoms with E-state index >= 15 is 0 Å². The molecule has 192 valence electrons. The minimum Gasteiger partial charge on any atom is -0.389 e. The van der Waals surface area contributed by atoms with E-state index in [-0.39, 0.29) is 27.8 Å². The van der Waals surface area contributed by atoms with E-state index in [1.807, 2.05) is 6.07 Å². The van der Waals surface area contributed by atoms with Crippen LogP contribution in [0.15, 0.2) is 79.1 Å². The number of hydrogen-bond acceptors (Lipinski definition) is 5. The van der Waals surface area contributed by atoms with Gasteiger partial charge in [-0.15, -0.1) is 0 Å². The van der Waals surface area contributed by atoms with Gasteiger partial charge in [0.15, 0.2) is 5.82 Å². The molecule has 7 nitrogen and oxygen atoms in total. The Morgan fingerprint density at radius 1 is 1.03 bits per heavy atom. The average molecular weight is 538 g/mol. The lowest BCUT2D eigenvalue weighted by atomic mass is 10.0. The predicted molar refractivity (Wildman–Crippen MR) is 137 cm³/mol. The zero-order valence-electron chi connectivity index (χ0n) is 19.7. The maximum absolute atomic E-state index is 13.8. The summed E-state index contributed by atoms with van der Waals surface area (Å²) < 4.78 is 42.9. The van der Waals surface area contributed by atoms with Gasteiger partial charge in [0.25, 0.3) is 5.91 Å². The number of para-hydroxylation sites is 1. The third-order valence-electron chi connectivity index (χ3n) is 5.88. The number of aliphatic hydroxyl groups excluding tert-OH is 1. The number of amides is 1. The van der Waals surface area contributed by atoms with Crippen LogP contribution < -0.4 is 5.32 Å². The predicted octanol–water partition coefficient (Wildman–Crippen LogP) is 6.46. The first-order valence-electron chi connectivity index (χ1n) is 11.4. The van der Waals surface area contributed by atoms with Gasteiger partial charge in [0.2, 0.25) is 0 Å². The number of nitrogens with zero attached hydrogens (tertiary/aromatic N) is 4. The summed E-state index contributed by atoms with van der Waals surface area (Å²) in [6.45, 7) is 1.62. The first-order chi connectivity index (χ1) is 18.1. The van der Waals surface area contributed by atoms with Crippen LogP contribution in [0.5, 0.6) is 0 Å². The number of carbonyl (C=O) groups is 1. The summed E-state index contributed by atoms with van der Waals surface area (Å²) in [5, 5.41) is 17.5. The van der Waals surface area contributed by atoms with Crippen LogP contribution in [0.25, 0.3) is 28.0 Å². The van der Waals surface area contributed by atoms with Crippen molar-refractivity contribution in [3.8, 4) is 17.1 Å². The summed E-state index contributed by atoms with van der Waals surface area (Å²) in [6, 6.07) is 17.3. The quantitative estimate of drug-likeness (QED) is 0.268. The number of carbonyl (C=O) groups excluding carboxylic acids is 1. The van der Waals surface area contributed by atoms with E-state index in [0.29, 0.717) is 28.2 Å². The minimum atomic E-state index is -4.75. The molecule has 0 saturated carbocycles. The third-order valence-corrected chi connectivity index (χ3v) is 6.19. The second kappa shape index (κ2) is 9.88. The molecular formula is C27H19ClF3N5O2. The summed E-state index contributed by atoms with van der Waals surface area (Å²) in [7, 11) is 0. The fourth-order valence-electron chi connectivity index (χ4n) is 4.02. The number of alkyl halides is 3. The standard InChI is InChI=1S/C27H19ClF3N5O2/c1-15(37)16-8-9-18-23(12-16)35-36(17-6-3-2-4-7-17)25(18)34-26(38)20-13-19(24-32-10-5-11-33-24)21(14-22(20)28)27(29,30)31/h2-15,37H,1H3,(H,34,38)/t15-/m1/s1. The normalized spacial score (nSPS) is 12.5. The van der Waals surface area contributed by atoms with Crippen LogP contribution in [0.2, 0.25) is 5.02 Å². The molecule has 5 rings (SSSR count). The largest absolute Gasteiger partial charge is 0.417 e. The van der Waals surface area contributed by atoms with Crippen molar-refractivity contribution in [3.05, 3.63) is 101 Å². The molecule has 0 fully saturated rings. The summed E-state index contributed by atoms with van der Waals surface area (Å²) >= 11 is 6.21. The number of aromatic nitrogens is 4. The van der Waals surface area contributed by atoms with Gasteiger partial charge < -0.3 is 10.4 Å². The molecule has 0 aliphatic rings. The Balaban J connectivity index is 1.63. The van der Waals surface area contributed by atoms with Gasteiger partial charge in [0.1, 0.15) is 5.82 Å². The lowest BCUT2D eigenvalue weighted by Crippen LogP contribution is -2.17. The van der Waals surface area contributed by atoms with Gasteiger partial charge in [0, 0.05) is 23.3 Å². The first kappa shape index (κ1) is 25.4. The van der Waals surface area contributed by atoms with Crippen LogP contribution in [0.3, 0.4) is 0 Å². The maximum atomic E-state index is 13.8. The highest BCUT2D eigenvalue weighted by Crippen LogP contribution is 2.39. The second-order valence-corrected chi connectivity index (χ2v) is 8.86. The van der Waals surface area contributed by atoms with Gasteiger partial charge in [-0.3, -0.25) is 4.79 Å². The SMILES string of the molecule is C[C@@H](O)c1ccc2c(NC(=O)c3cc(-c4ncccn4)c(C(F)(F)F)cc3Cl)n(-c3ccccc3)nc2c1. The summed E-state index contributed by atoms with van der Waals surface area (Å²) in [5.41, 5.74) is 0.128. The van der Waals surface area contributed by atoms with E-state index in [1.165, 1.54) is 23.1 Å². The number of benzene rings is 3. The van der Waals surface area contributed by atoms with Gasteiger partial charge in [-0.2, -0.15) is 18.3 Å². The van der Waals surface area contributed by atoms with Crippen LogP contribution in [-0.2, 0) is 6.18 Å². The molecule has 0 spiro atoms. The molecule has 2 N–H and O–H groups in total. The second-order valence-electron chi connectivity index (χ2n) is 8.45. The highest BCUT2D eigenvalue weighted by Gasteiger charge is 2.36. The zero-order chi connectivity index (χ0) is 27.0. The van der Waals surface area contributed by atoms with Crippen LogP contribution >= 0.6 is 11.6 Å². The van der Waals surface area contributed by atoms with Crippen molar-refractivity contribution in [2.75, 3.05) is 5.32 Å². The topological polar surface area (TPSA) is 92.9 Å². The maximum Gasteiger partial charge on any atom is 0.417 e. The molecule has 0 saturated heterocycles. The Labute approximate surface area is 219 Å². The van der Waals surface area contributed by atoms with Crippen molar-refractivity contribution in [3.63, 3.8) is 0 Å². The molecule has 5 aromatic rings. The summed E-state index contributed by atoms with van der Waals surface area (Å²) in [5.74, 6) is -0.669. The Morgan fingerprint density at radius 3 is 2.39 bits per heavy atom. The van der Waals surface area contributed by atoms with Crippen molar-refractivity contribution < 1.29 is 23.1 Å². The number of rotatable bonds is 5. The van der Waals surface area contributed by atoms with Crippen molar-refractivity contribution in [2.24, 2.45) is 0 Å². The van der Waals surface area contributed by atoms with E-state index in [9.17, 15) is 23.1 Å². The zero-order valence-corrected chi connectivity index (χ0v) is 20.5. The van der Waals surface area contributed by atoms with Crippen LogP contribution in [-0.4, -0.2) is 30.8 Å². The summed E-state index contributed by atoms with van der Waals surface area (Å²) in [6.07, 6.45) is -2.87. The Morgan fingerprint density at radius 2 is 1.74 bits per heavy atom. The molecule has 2 heterocycles. The van der Waals surface area contributed by atoms with Gasteiger partial charge in [0.05, 0.1) is 33.5 Å². The molecule has 0 aliphatic heterocycles. The van der Waals surface area contributed by atoms with Crippen molar-refractivity contribution in [2.45, 2.75) is 19.2 Å². The first-order valence-corrected chi connectivity index (χ1v) is 11.8. The number of halogens is 4. The van der Waals surface area contributed by atoms with Crippen molar-refractivity contribution in [1.82, 2.24) is 19.7 Å². The lowest BCUT2D eigenvalue weighted by Gasteiger charge is -2.16. The molecule has 38 heavy (non-hydrogen) atoms. The lowest BCUT2D eigenvalue weighted by molar-refractivity contribution is -0.137. The molecule has 2 aromatic heterocycles. The molecule has 0 aliphatic carbocycles. The van der Waals surface area contributed by atoms with E-state index in [1.54, 1.807) is 49.4 Å². The van der Waals surface area contributed by atoms with Crippen LogP contribution in [0.4, 0.5) is 19.0 Å². The highest BCUT2D eigenvalue weighted by molar-refractivity contribution is 6.34. The Kier molecular flexibility index (Phi) is 6.60. The Hall–Kier alpha value is -4.28. The van der Waals surface area contributed by atoms with Gasteiger partial charge >= 0.3 is 6.18 Å². The van der Waals surface area contributed by atoms with Crippen molar-refractivity contribution >= 4 is 34.2 Å². The highest BCUT2D eigenvalue weighted by atomic mass is 35.5. The molecule has 1 amide bonds. The number of aliphatic hydroxyl groups is 1. The molecule has 0 radical (unpaired) electrons. The van der Waals surface area contributed by atoms with E-state index < -0.39 is 23.8 Å². The molecule has 11 heteroatoms. The molecule has 0 bridgehead atoms. The van der Waals surface area contributed by atoms with E-state index in [2.05, 4.69) is 20.4 Å². The molecular weight excluding hydrogens is 519 g/mol. The molecule has 0 unspecified atom stereocenters. The third kappa shape index (κ3) is 4.83.